The van der Waals surface area contributed by atoms with Gasteiger partial charge in [-0.15, -0.1) is 0 Å². The molecule has 0 spiro atoms. The highest BCUT2D eigenvalue weighted by Gasteiger charge is 2.24. The van der Waals surface area contributed by atoms with E-state index in [0.29, 0.717) is 25.3 Å². The number of β-amino-alcohol motifs (C(OH)–C–C–N with tert-alkyl or cyclic N) is 1. The lowest BCUT2D eigenvalue weighted by Gasteiger charge is -2.15. The van der Waals surface area contributed by atoms with Crippen LogP contribution in [0, 0.1) is 0 Å². The molecule has 0 radical (unpaired) electrons. The molecule has 1 aliphatic heterocycles. The van der Waals surface area contributed by atoms with Crippen molar-refractivity contribution >= 4 is 21.8 Å². The Hall–Kier alpha value is -1.07. The van der Waals surface area contributed by atoms with Crippen molar-refractivity contribution < 1.29 is 14.6 Å². The minimum Gasteiger partial charge on any atom is -0.484 e. The van der Waals surface area contributed by atoms with Crippen molar-refractivity contribution in [1.29, 1.82) is 0 Å². The maximum atomic E-state index is 11.7. The Labute approximate surface area is 108 Å². The van der Waals surface area contributed by atoms with Crippen LogP contribution < -0.4 is 4.74 Å². The van der Waals surface area contributed by atoms with Gasteiger partial charge in [0, 0.05) is 17.6 Å². The number of carbonyl (C=O) groups excluding carboxylic acids is 1. The summed E-state index contributed by atoms with van der Waals surface area (Å²) in [7, 11) is 0. The van der Waals surface area contributed by atoms with Crippen molar-refractivity contribution in [3.05, 3.63) is 28.7 Å². The summed E-state index contributed by atoms with van der Waals surface area (Å²) in [5, 5.41) is 9.32. The zero-order chi connectivity index (χ0) is 12.3. The first-order valence-electron chi connectivity index (χ1n) is 5.49. The molecule has 92 valence electrons. The maximum Gasteiger partial charge on any atom is 0.260 e. The van der Waals surface area contributed by atoms with Gasteiger partial charge >= 0.3 is 0 Å². The van der Waals surface area contributed by atoms with E-state index < -0.39 is 0 Å². The number of hydrogen-bond donors (Lipinski definition) is 1. The Morgan fingerprint density at radius 3 is 2.76 bits per heavy atom. The molecule has 17 heavy (non-hydrogen) atoms. The zero-order valence-corrected chi connectivity index (χ0v) is 10.9. The van der Waals surface area contributed by atoms with E-state index in [-0.39, 0.29) is 18.6 Å². The molecule has 1 atom stereocenters. The highest BCUT2D eigenvalue weighted by atomic mass is 79.9. The number of halogens is 1. The van der Waals surface area contributed by atoms with Crippen LogP contribution in [-0.2, 0) is 4.79 Å². The van der Waals surface area contributed by atoms with Gasteiger partial charge in [-0.3, -0.25) is 4.79 Å². The standard InChI is InChI=1S/C12H14BrNO3/c13-9-1-3-11(4-2-9)17-8-12(16)14-6-5-10(15)7-14/h1-4,10,15H,5-8H2/t10-/m0/s1. The van der Waals surface area contributed by atoms with E-state index >= 15 is 0 Å². The minimum atomic E-state index is -0.383. The number of rotatable bonds is 3. The van der Waals surface area contributed by atoms with Crippen LogP contribution in [0.25, 0.3) is 0 Å². The van der Waals surface area contributed by atoms with Gasteiger partial charge in [-0.2, -0.15) is 0 Å². The maximum absolute atomic E-state index is 11.7. The number of aliphatic hydroxyl groups is 1. The third-order valence-electron chi connectivity index (χ3n) is 2.69. The molecule has 0 aliphatic carbocycles. The second-order valence-electron chi connectivity index (χ2n) is 4.02. The quantitative estimate of drug-likeness (QED) is 0.918. The van der Waals surface area contributed by atoms with Crippen LogP contribution in [-0.4, -0.2) is 41.7 Å². The van der Waals surface area contributed by atoms with Crippen molar-refractivity contribution in [2.75, 3.05) is 19.7 Å². The van der Waals surface area contributed by atoms with Crippen LogP contribution in [0.5, 0.6) is 5.75 Å². The number of hydrogen-bond acceptors (Lipinski definition) is 3. The lowest BCUT2D eigenvalue weighted by atomic mass is 10.3. The summed E-state index contributed by atoms with van der Waals surface area (Å²) in [4.78, 5) is 13.3. The van der Waals surface area contributed by atoms with E-state index in [2.05, 4.69) is 15.9 Å². The van der Waals surface area contributed by atoms with E-state index in [9.17, 15) is 9.90 Å². The van der Waals surface area contributed by atoms with Gasteiger partial charge < -0.3 is 14.7 Å². The third kappa shape index (κ3) is 3.44. The molecule has 4 nitrogen and oxygen atoms in total. The van der Waals surface area contributed by atoms with Crippen molar-refractivity contribution in [3.8, 4) is 5.75 Å². The number of ether oxygens (including phenoxy) is 1. The number of likely N-dealkylation sites (tertiary alicyclic amines) is 1. The molecule has 0 unspecified atom stereocenters. The Kier molecular flexibility index (Phi) is 4.02. The zero-order valence-electron chi connectivity index (χ0n) is 9.30. The summed E-state index contributed by atoms with van der Waals surface area (Å²) in [6, 6.07) is 7.32. The largest absolute Gasteiger partial charge is 0.484 e. The van der Waals surface area contributed by atoms with E-state index in [4.69, 9.17) is 4.74 Å². The Morgan fingerprint density at radius 1 is 1.47 bits per heavy atom. The fourth-order valence-electron chi connectivity index (χ4n) is 1.74. The number of amides is 1. The highest BCUT2D eigenvalue weighted by Crippen LogP contribution is 2.16. The van der Waals surface area contributed by atoms with Crippen molar-refractivity contribution in [3.63, 3.8) is 0 Å². The Morgan fingerprint density at radius 2 is 2.18 bits per heavy atom. The van der Waals surface area contributed by atoms with Gasteiger partial charge in [0.2, 0.25) is 0 Å². The van der Waals surface area contributed by atoms with Gasteiger partial charge in [0.25, 0.3) is 5.91 Å². The molecule has 0 aromatic heterocycles. The van der Waals surface area contributed by atoms with Crippen LogP contribution in [0.4, 0.5) is 0 Å². The number of carbonyl (C=O) groups is 1. The summed E-state index contributed by atoms with van der Waals surface area (Å²) >= 11 is 3.33. The fourth-order valence-corrected chi connectivity index (χ4v) is 2.00. The normalized spacial score (nSPS) is 19.4. The first kappa shape index (κ1) is 12.4. The van der Waals surface area contributed by atoms with Gasteiger partial charge in [0.1, 0.15) is 5.75 Å². The molecule has 0 bridgehead atoms. The van der Waals surface area contributed by atoms with Gasteiger partial charge in [-0.05, 0) is 30.7 Å². The van der Waals surface area contributed by atoms with E-state index in [0.717, 1.165) is 4.47 Å². The summed E-state index contributed by atoms with van der Waals surface area (Å²) in [5.74, 6) is 0.589. The van der Waals surface area contributed by atoms with Gasteiger partial charge in [0.05, 0.1) is 6.10 Å². The van der Waals surface area contributed by atoms with Crippen LogP contribution in [0.3, 0.4) is 0 Å². The van der Waals surface area contributed by atoms with Crippen LogP contribution in [0.2, 0.25) is 0 Å². The van der Waals surface area contributed by atoms with E-state index in [1.54, 1.807) is 17.0 Å². The monoisotopic (exact) mass is 299 g/mol. The summed E-state index contributed by atoms with van der Waals surface area (Å²) in [6.45, 7) is 1.06. The lowest BCUT2D eigenvalue weighted by Crippen LogP contribution is -2.33. The second-order valence-corrected chi connectivity index (χ2v) is 4.94. The molecule has 1 aromatic carbocycles. The smallest absolute Gasteiger partial charge is 0.260 e. The average Bonchev–Trinajstić information content (AvgIpc) is 2.75. The molecule has 1 heterocycles. The number of benzene rings is 1. The molecule has 1 saturated heterocycles. The summed E-state index contributed by atoms with van der Waals surface area (Å²) < 4.78 is 6.35. The molecule has 1 aliphatic rings. The summed E-state index contributed by atoms with van der Waals surface area (Å²) in [5.41, 5.74) is 0. The first-order valence-corrected chi connectivity index (χ1v) is 6.28. The van der Waals surface area contributed by atoms with Gasteiger partial charge in [0.15, 0.2) is 6.61 Å². The molecule has 0 saturated carbocycles. The second kappa shape index (κ2) is 5.51. The van der Waals surface area contributed by atoms with Crippen molar-refractivity contribution in [2.24, 2.45) is 0 Å². The topological polar surface area (TPSA) is 49.8 Å². The minimum absolute atomic E-state index is 0.0222. The predicted molar refractivity (Wildman–Crippen MR) is 66.8 cm³/mol. The van der Waals surface area contributed by atoms with Crippen molar-refractivity contribution in [1.82, 2.24) is 4.90 Å². The first-order chi connectivity index (χ1) is 8.15. The van der Waals surface area contributed by atoms with Crippen molar-refractivity contribution in [2.45, 2.75) is 12.5 Å². The SMILES string of the molecule is O=C(COc1ccc(Br)cc1)N1CC[C@H](O)C1. The molecule has 2 rings (SSSR count). The van der Waals surface area contributed by atoms with Gasteiger partial charge in [-0.1, -0.05) is 15.9 Å². The Balaban J connectivity index is 1.82. The molecule has 5 heteroatoms. The average molecular weight is 300 g/mol. The molecule has 1 fully saturated rings. The van der Waals surface area contributed by atoms with Crippen LogP contribution in [0.1, 0.15) is 6.42 Å². The van der Waals surface area contributed by atoms with E-state index in [1.165, 1.54) is 0 Å². The Bertz CT molecular complexity index is 393. The summed E-state index contributed by atoms with van der Waals surface area (Å²) in [6.07, 6.45) is 0.274. The molecular weight excluding hydrogens is 286 g/mol. The molecule has 1 N–H and O–H groups in total. The molecule has 1 amide bonds. The molecule has 1 aromatic rings. The number of nitrogens with zero attached hydrogens (tertiary/aromatic N) is 1. The molecular formula is C12H14BrNO3. The van der Waals surface area contributed by atoms with Crippen LogP contribution >= 0.6 is 15.9 Å². The highest BCUT2D eigenvalue weighted by molar-refractivity contribution is 9.10. The predicted octanol–water partition coefficient (Wildman–Crippen LogP) is 1.42. The van der Waals surface area contributed by atoms with Crippen LogP contribution in [0.15, 0.2) is 28.7 Å². The fraction of sp³-hybridized carbons (Fsp3) is 0.417. The number of aliphatic hydroxyl groups excluding tert-OH is 1. The lowest BCUT2D eigenvalue weighted by molar-refractivity contribution is -0.132. The van der Waals surface area contributed by atoms with Gasteiger partial charge in [-0.25, -0.2) is 0 Å². The van der Waals surface area contributed by atoms with E-state index in [1.807, 2.05) is 12.1 Å². The third-order valence-corrected chi connectivity index (χ3v) is 3.22.